The first-order chi connectivity index (χ1) is 10.6. The van der Waals surface area contributed by atoms with Gasteiger partial charge in [0.1, 0.15) is 6.04 Å². The standard InChI is InChI=1S/C16H21N3O3/c20-15-6-12(18-3-1-2-13(18)16(21)22)5-14-11-4-10(7-17-8-11)9-19(14)15/h5-6,10-11,13,17H,1-4,7-9H2,(H,21,22)/t10?,11-,13-/m0/s1. The minimum absolute atomic E-state index is 0.0140. The van der Waals surface area contributed by atoms with Crippen LogP contribution < -0.4 is 15.8 Å². The van der Waals surface area contributed by atoms with Crippen molar-refractivity contribution in [1.29, 1.82) is 0 Å². The molecule has 0 saturated carbocycles. The summed E-state index contributed by atoms with van der Waals surface area (Å²) in [4.78, 5) is 25.8. The number of anilines is 1. The van der Waals surface area contributed by atoms with Crippen LogP contribution in [-0.2, 0) is 11.3 Å². The van der Waals surface area contributed by atoms with Gasteiger partial charge in [-0.05, 0) is 37.8 Å². The highest BCUT2D eigenvalue weighted by molar-refractivity contribution is 5.79. The SMILES string of the molecule is O=C(O)[C@@H]1CCCN1c1cc2n(c(=O)c1)CC1CNC[C@@H]2C1. The van der Waals surface area contributed by atoms with Gasteiger partial charge in [0.2, 0.25) is 0 Å². The van der Waals surface area contributed by atoms with Crippen LogP contribution in [0.3, 0.4) is 0 Å². The Kier molecular flexibility index (Phi) is 3.22. The summed E-state index contributed by atoms with van der Waals surface area (Å²) >= 11 is 0. The fourth-order valence-corrected chi connectivity index (χ4v) is 4.29. The van der Waals surface area contributed by atoms with Gasteiger partial charge in [-0.3, -0.25) is 4.79 Å². The molecule has 0 radical (unpaired) electrons. The summed E-state index contributed by atoms with van der Waals surface area (Å²) < 4.78 is 1.90. The van der Waals surface area contributed by atoms with Gasteiger partial charge in [0.15, 0.2) is 0 Å². The average molecular weight is 303 g/mol. The number of hydrogen-bond donors (Lipinski definition) is 2. The Morgan fingerprint density at radius 3 is 3.00 bits per heavy atom. The quantitative estimate of drug-likeness (QED) is 0.837. The lowest BCUT2D eigenvalue weighted by Gasteiger charge is -2.38. The molecule has 0 spiro atoms. The number of carbonyl (C=O) groups is 1. The van der Waals surface area contributed by atoms with Crippen molar-refractivity contribution in [2.75, 3.05) is 24.5 Å². The maximum atomic E-state index is 12.5. The first kappa shape index (κ1) is 13.8. The Morgan fingerprint density at radius 2 is 2.18 bits per heavy atom. The molecule has 3 aliphatic rings. The van der Waals surface area contributed by atoms with Gasteiger partial charge in [-0.15, -0.1) is 0 Å². The first-order valence-electron chi connectivity index (χ1n) is 8.08. The highest BCUT2D eigenvalue weighted by Crippen LogP contribution is 2.34. The predicted octanol–water partition coefficient (Wildman–Crippen LogP) is 0.608. The molecule has 3 atom stereocenters. The monoisotopic (exact) mass is 303 g/mol. The third-order valence-electron chi connectivity index (χ3n) is 5.31. The lowest BCUT2D eigenvalue weighted by Crippen LogP contribution is -2.45. The number of aromatic nitrogens is 1. The molecule has 3 aliphatic heterocycles. The normalized spacial score (nSPS) is 30.2. The molecule has 0 amide bonds. The summed E-state index contributed by atoms with van der Waals surface area (Å²) in [6, 6.07) is 3.18. The van der Waals surface area contributed by atoms with E-state index in [0.29, 0.717) is 24.8 Å². The number of rotatable bonds is 2. The van der Waals surface area contributed by atoms with E-state index in [1.165, 1.54) is 0 Å². The molecule has 6 heteroatoms. The third-order valence-corrected chi connectivity index (χ3v) is 5.31. The van der Waals surface area contributed by atoms with E-state index in [1.807, 2.05) is 9.47 Å². The van der Waals surface area contributed by atoms with Crippen molar-refractivity contribution in [1.82, 2.24) is 9.88 Å². The van der Waals surface area contributed by atoms with Crippen molar-refractivity contribution >= 4 is 11.7 Å². The Labute approximate surface area is 128 Å². The summed E-state index contributed by atoms with van der Waals surface area (Å²) in [7, 11) is 0. The molecule has 118 valence electrons. The summed E-state index contributed by atoms with van der Waals surface area (Å²) in [6.07, 6.45) is 2.64. The van der Waals surface area contributed by atoms with Gasteiger partial charge in [-0.25, -0.2) is 4.79 Å². The topological polar surface area (TPSA) is 74.6 Å². The van der Waals surface area contributed by atoms with E-state index in [1.54, 1.807) is 6.07 Å². The van der Waals surface area contributed by atoms with Gasteiger partial charge in [-0.2, -0.15) is 0 Å². The molecule has 4 heterocycles. The lowest BCUT2D eigenvalue weighted by molar-refractivity contribution is -0.138. The number of nitrogens with zero attached hydrogens (tertiary/aromatic N) is 2. The zero-order valence-electron chi connectivity index (χ0n) is 12.5. The Bertz CT molecular complexity index is 669. The van der Waals surface area contributed by atoms with Crippen molar-refractivity contribution in [3.8, 4) is 0 Å². The van der Waals surface area contributed by atoms with Crippen molar-refractivity contribution in [2.24, 2.45) is 5.92 Å². The molecule has 0 aromatic carbocycles. The second-order valence-corrected chi connectivity index (χ2v) is 6.73. The second kappa shape index (κ2) is 5.12. The van der Waals surface area contributed by atoms with E-state index in [0.717, 1.165) is 43.9 Å². The summed E-state index contributed by atoms with van der Waals surface area (Å²) in [5, 5.41) is 12.8. The average Bonchev–Trinajstić information content (AvgIpc) is 2.98. The van der Waals surface area contributed by atoms with Crippen LogP contribution in [0.2, 0.25) is 0 Å². The summed E-state index contributed by atoms with van der Waals surface area (Å²) in [5.41, 5.74) is 1.87. The van der Waals surface area contributed by atoms with Crippen molar-refractivity contribution < 1.29 is 9.90 Å². The molecule has 1 aromatic rings. The van der Waals surface area contributed by atoms with Gasteiger partial charge in [0, 0.05) is 43.0 Å². The molecule has 2 saturated heterocycles. The van der Waals surface area contributed by atoms with Gasteiger partial charge in [0.05, 0.1) is 0 Å². The van der Waals surface area contributed by atoms with Crippen molar-refractivity contribution in [3.63, 3.8) is 0 Å². The van der Waals surface area contributed by atoms with E-state index in [-0.39, 0.29) is 5.56 Å². The molecule has 1 aromatic heterocycles. The van der Waals surface area contributed by atoms with Crippen LogP contribution in [0.15, 0.2) is 16.9 Å². The molecule has 2 fully saturated rings. The molecule has 1 unspecified atom stereocenters. The van der Waals surface area contributed by atoms with E-state index < -0.39 is 12.0 Å². The number of carboxylic acids is 1. The van der Waals surface area contributed by atoms with Crippen LogP contribution in [0.4, 0.5) is 5.69 Å². The highest BCUT2D eigenvalue weighted by atomic mass is 16.4. The van der Waals surface area contributed by atoms with Crippen LogP contribution in [0.1, 0.15) is 30.9 Å². The van der Waals surface area contributed by atoms with E-state index >= 15 is 0 Å². The predicted molar refractivity (Wildman–Crippen MR) is 82.4 cm³/mol. The van der Waals surface area contributed by atoms with Crippen LogP contribution in [0, 0.1) is 5.92 Å². The molecular formula is C16H21N3O3. The van der Waals surface area contributed by atoms with Crippen molar-refractivity contribution in [3.05, 3.63) is 28.2 Å². The minimum Gasteiger partial charge on any atom is -0.480 e. The molecule has 2 N–H and O–H groups in total. The molecule has 2 bridgehead atoms. The Hall–Kier alpha value is -1.82. The van der Waals surface area contributed by atoms with Crippen LogP contribution in [0.5, 0.6) is 0 Å². The summed E-state index contributed by atoms with van der Waals surface area (Å²) in [5.74, 6) is 0.106. The van der Waals surface area contributed by atoms with Gasteiger partial charge in [0.25, 0.3) is 5.56 Å². The number of nitrogens with one attached hydrogen (secondary N) is 1. The number of fused-ring (bicyclic) bond motifs is 4. The maximum Gasteiger partial charge on any atom is 0.326 e. The van der Waals surface area contributed by atoms with Crippen molar-refractivity contribution in [2.45, 2.75) is 37.8 Å². The first-order valence-corrected chi connectivity index (χ1v) is 8.08. The fourth-order valence-electron chi connectivity index (χ4n) is 4.29. The third kappa shape index (κ3) is 2.13. The molecule has 4 rings (SSSR count). The van der Waals surface area contributed by atoms with E-state index in [9.17, 15) is 14.7 Å². The molecule has 6 nitrogen and oxygen atoms in total. The highest BCUT2D eigenvalue weighted by Gasteiger charge is 2.34. The number of aliphatic carboxylic acids is 1. The number of pyridine rings is 1. The lowest BCUT2D eigenvalue weighted by atomic mass is 9.84. The Balaban J connectivity index is 1.75. The van der Waals surface area contributed by atoms with Crippen LogP contribution >= 0.6 is 0 Å². The number of hydrogen-bond acceptors (Lipinski definition) is 4. The summed E-state index contributed by atoms with van der Waals surface area (Å²) in [6.45, 7) is 3.38. The van der Waals surface area contributed by atoms with E-state index in [2.05, 4.69) is 11.4 Å². The number of piperidine rings is 1. The van der Waals surface area contributed by atoms with Crippen LogP contribution in [-0.4, -0.2) is 41.3 Å². The van der Waals surface area contributed by atoms with Gasteiger partial charge < -0.3 is 19.9 Å². The Morgan fingerprint density at radius 1 is 1.32 bits per heavy atom. The zero-order valence-corrected chi connectivity index (χ0v) is 12.5. The van der Waals surface area contributed by atoms with Gasteiger partial charge in [-0.1, -0.05) is 0 Å². The molecular weight excluding hydrogens is 282 g/mol. The molecule has 22 heavy (non-hydrogen) atoms. The van der Waals surface area contributed by atoms with Gasteiger partial charge >= 0.3 is 5.97 Å². The fraction of sp³-hybridized carbons (Fsp3) is 0.625. The maximum absolute atomic E-state index is 12.5. The smallest absolute Gasteiger partial charge is 0.326 e. The molecule has 0 aliphatic carbocycles. The van der Waals surface area contributed by atoms with Crippen LogP contribution in [0.25, 0.3) is 0 Å². The van der Waals surface area contributed by atoms with E-state index in [4.69, 9.17) is 0 Å². The largest absolute Gasteiger partial charge is 0.480 e. The minimum atomic E-state index is -0.797. The number of carboxylic acid groups (broad SMARTS) is 1. The second-order valence-electron chi connectivity index (χ2n) is 6.73. The zero-order chi connectivity index (χ0) is 15.3.